The fourth-order valence-electron chi connectivity index (χ4n) is 4.50. The van der Waals surface area contributed by atoms with Crippen LogP contribution in [0.15, 0.2) is 58.6 Å². The van der Waals surface area contributed by atoms with Crippen molar-refractivity contribution in [2.45, 2.75) is 32.8 Å². The smallest absolute Gasteiger partial charge is 0.253 e. The maximum atomic E-state index is 13.0. The topological polar surface area (TPSA) is 53.3 Å². The Kier molecular flexibility index (Phi) is 5.40. The first kappa shape index (κ1) is 20.0. The fourth-order valence-corrected chi connectivity index (χ4v) is 4.95. The Morgan fingerprint density at radius 3 is 2.62 bits per heavy atom. The molecule has 5 heteroatoms. The minimum absolute atomic E-state index is 0.0228. The first-order valence-electron chi connectivity index (χ1n) is 10.1. The Labute approximate surface area is 180 Å². The molecule has 4 rings (SSSR count). The Morgan fingerprint density at radius 1 is 1.24 bits per heavy atom. The van der Waals surface area contributed by atoms with Crippen LogP contribution in [0.2, 0.25) is 0 Å². The number of nitriles is 1. The molecule has 2 fully saturated rings. The van der Waals surface area contributed by atoms with Crippen LogP contribution in [-0.4, -0.2) is 30.0 Å². The summed E-state index contributed by atoms with van der Waals surface area (Å²) in [5, 5.41) is 9.04. The van der Waals surface area contributed by atoms with Crippen LogP contribution in [0.25, 0.3) is 0 Å². The van der Waals surface area contributed by atoms with Crippen LogP contribution < -0.4 is 4.74 Å². The van der Waals surface area contributed by atoms with Crippen LogP contribution >= 0.6 is 15.9 Å². The molecule has 1 aliphatic heterocycles. The van der Waals surface area contributed by atoms with Gasteiger partial charge in [-0.1, -0.05) is 38.2 Å². The lowest BCUT2D eigenvalue weighted by atomic mass is 9.93. The van der Waals surface area contributed by atoms with E-state index in [1.807, 2.05) is 35.3 Å². The molecule has 3 aliphatic rings. The van der Waals surface area contributed by atoms with Crippen LogP contribution in [0.4, 0.5) is 0 Å². The summed E-state index contributed by atoms with van der Waals surface area (Å²) >= 11 is 3.42. The van der Waals surface area contributed by atoms with Crippen molar-refractivity contribution in [3.63, 3.8) is 0 Å². The molecule has 4 nitrogen and oxygen atoms in total. The highest BCUT2D eigenvalue weighted by molar-refractivity contribution is 9.10. The number of ether oxygens (including phenoxy) is 1. The predicted octanol–water partition coefficient (Wildman–Crippen LogP) is 5.02. The van der Waals surface area contributed by atoms with Crippen molar-refractivity contribution in [1.82, 2.24) is 4.90 Å². The van der Waals surface area contributed by atoms with Crippen molar-refractivity contribution in [1.29, 1.82) is 5.26 Å². The van der Waals surface area contributed by atoms with Gasteiger partial charge in [0.25, 0.3) is 5.91 Å². The summed E-state index contributed by atoms with van der Waals surface area (Å²) in [4.78, 5) is 15.0. The third-order valence-electron chi connectivity index (χ3n) is 6.10. The van der Waals surface area contributed by atoms with E-state index in [9.17, 15) is 4.79 Å². The molecule has 1 saturated heterocycles. The molecule has 1 amide bonds. The number of carbonyl (C=O) groups is 1. The van der Waals surface area contributed by atoms with Crippen LogP contribution in [-0.2, 0) is 4.79 Å². The molecular formula is C24H25BrN2O2. The van der Waals surface area contributed by atoms with Gasteiger partial charge in [-0.25, -0.2) is 0 Å². The highest BCUT2D eigenvalue weighted by Gasteiger charge is 2.43. The predicted molar refractivity (Wildman–Crippen MR) is 116 cm³/mol. The number of halogens is 1. The molecule has 29 heavy (non-hydrogen) atoms. The summed E-state index contributed by atoms with van der Waals surface area (Å²) in [6, 6.07) is 7.64. The van der Waals surface area contributed by atoms with E-state index in [1.54, 1.807) is 6.07 Å². The van der Waals surface area contributed by atoms with Gasteiger partial charge >= 0.3 is 0 Å². The minimum atomic E-state index is -0.0228. The molecule has 150 valence electrons. The maximum Gasteiger partial charge on any atom is 0.253 e. The second-order valence-electron chi connectivity index (χ2n) is 8.83. The molecular weight excluding hydrogens is 428 g/mol. The Bertz CT molecular complexity index is 940. The number of hydrogen-bond donors (Lipinski definition) is 0. The molecule has 0 spiro atoms. The summed E-state index contributed by atoms with van der Waals surface area (Å²) in [6.07, 6.45) is 12.2. The number of rotatable bonds is 3. The van der Waals surface area contributed by atoms with Gasteiger partial charge in [0, 0.05) is 28.6 Å². The van der Waals surface area contributed by atoms with E-state index < -0.39 is 0 Å². The summed E-state index contributed by atoms with van der Waals surface area (Å²) in [7, 11) is 0. The first-order valence-corrected chi connectivity index (χ1v) is 10.9. The van der Waals surface area contributed by atoms with E-state index in [1.165, 1.54) is 0 Å². The van der Waals surface area contributed by atoms with E-state index >= 15 is 0 Å². The summed E-state index contributed by atoms with van der Waals surface area (Å²) in [5.41, 5.74) is 1.35. The number of nitrogens with zero attached hydrogens (tertiary/aromatic N) is 2. The second kappa shape index (κ2) is 7.84. The van der Waals surface area contributed by atoms with Crippen molar-refractivity contribution in [2.24, 2.45) is 17.3 Å². The van der Waals surface area contributed by atoms with E-state index in [0.29, 0.717) is 17.4 Å². The van der Waals surface area contributed by atoms with Crippen molar-refractivity contribution >= 4 is 21.8 Å². The quantitative estimate of drug-likeness (QED) is 0.646. The van der Waals surface area contributed by atoms with Gasteiger partial charge in [-0.15, -0.1) is 0 Å². The first-order chi connectivity index (χ1) is 13.8. The lowest BCUT2D eigenvalue weighted by Crippen LogP contribution is -2.31. The number of benzene rings is 1. The van der Waals surface area contributed by atoms with Gasteiger partial charge in [0.2, 0.25) is 0 Å². The SMILES string of the molecule is CC1(C)C=CC=C(C(=O)N2CC3CC(Oc4ccc(C#N)c(Br)c4)CC3C2)C=C1. The van der Waals surface area contributed by atoms with Crippen LogP contribution in [0, 0.1) is 28.6 Å². The van der Waals surface area contributed by atoms with Gasteiger partial charge in [-0.05, 0) is 64.9 Å². The van der Waals surface area contributed by atoms with Gasteiger partial charge in [0.1, 0.15) is 11.8 Å². The average molecular weight is 453 g/mol. The Hall–Kier alpha value is -2.32. The lowest BCUT2D eigenvalue weighted by Gasteiger charge is -2.21. The molecule has 2 unspecified atom stereocenters. The van der Waals surface area contributed by atoms with Gasteiger partial charge in [0.05, 0.1) is 11.7 Å². The van der Waals surface area contributed by atoms with Crippen molar-refractivity contribution < 1.29 is 9.53 Å². The van der Waals surface area contributed by atoms with Crippen LogP contribution in [0.5, 0.6) is 5.75 Å². The molecule has 0 N–H and O–H groups in total. The Morgan fingerprint density at radius 2 is 1.97 bits per heavy atom. The van der Waals surface area contributed by atoms with Crippen LogP contribution in [0.3, 0.4) is 0 Å². The van der Waals surface area contributed by atoms with Crippen LogP contribution in [0.1, 0.15) is 32.3 Å². The zero-order valence-corrected chi connectivity index (χ0v) is 18.4. The zero-order chi connectivity index (χ0) is 20.6. The van der Waals surface area contributed by atoms with Gasteiger partial charge in [-0.2, -0.15) is 5.26 Å². The van der Waals surface area contributed by atoms with Crippen molar-refractivity contribution in [2.75, 3.05) is 13.1 Å². The molecule has 1 aromatic rings. The molecule has 2 aliphatic carbocycles. The number of fused-ring (bicyclic) bond motifs is 1. The highest BCUT2D eigenvalue weighted by Crippen LogP contribution is 2.40. The summed E-state index contributed by atoms with van der Waals surface area (Å²) < 4.78 is 6.93. The number of carbonyl (C=O) groups excluding carboxylic acids is 1. The number of hydrogen-bond acceptors (Lipinski definition) is 3. The normalized spacial score (nSPS) is 27.2. The zero-order valence-electron chi connectivity index (χ0n) is 16.8. The maximum absolute atomic E-state index is 13.0. The number of likely N-dealkylation sites (tertiary alicyclic amines) is 1. The van der Waals surface area contributed by atoms with E-state index in [0.717, 1.165) is 41.7 Å². The Balaban J connectivity index is 1.35. The van der Waals surface area contributed by atoms with E-state index in [2.05, 4.69) is 48.0 Å². The second-order valence-corrected chi connectivity index (χ2v) is 9.69. The van der Waals surface area contributed by atoms with Gasteiger partial charge < -0.3 is 9.64 Å². The fraction of sp³-hybridized carbons (Fsp3) is 0.417. The molecule has 1 heterocycles. The monoisotopic (exact) mass is 452 g/mol. The minimum Gasteiger partial charge on any atom is -0.490 e. The largest absolute Gasteiger partial charge is 0.490 e. The highest BCUT2D eigenvalue weighted by atomic mass is 79.9. The molecule has 1 aromatic carbocycles. The molecule has 2 atom stereocenters. The summed E-state index contributed by atoms with van der Waals surface area (Å²) in [6.45, 7) is 5.87. The molecule has 0 aromatic heterocycles. The number of amides is 1. The average Bonchev–Trinajstić information content (AvgIpc) is 3.16. The van der Waals surface area contributed by atoms with E-state index in [-0.39, 0.29) is 17.4 Å². The van der Waals surface area contributed by atoms with Crippen molar-refractivity contribution in [3.05, 3.63) is 64.2 Å². The number of allylic oxidation sites excluding steroid dienone is 4. The lowest BCUT2D eigenvalue weighted by molar-refractivity contribution is -0.126. The van der Waals surface area contributed by atoms with Gasteiger partial charge in [0.15, 0.2) is 0 Å². The standard InChI is InChI=1S/C24H25BrN2O2/c1-24(2)8-3-4-16(7-9-24)23(28)27-14-18-10-21(11-19(18)15-27)29-20-6-5-17(13-26)22(25)12-20/h3-9,12,18-19,21H,10-11,14-15H2,1-2H3. The molecule has 1 saturated carbocycles. The molecule has 0 radical (unpaired) electrons. The molecule has 0 bridgehead atoms. The van der Waals surface area contributed by atoms with Gasteiger partial charge in [-0.3, -0.25) is 4.79 Å². The van der Waals surface area contributed by atoms with Crippen molar-refractivity contribution in [3.8, 4) is 11.8 Å². The van der Waals surface area contributed by atoms with E-state index in [4.69, 9.17) is 10.00 Å². The summed E-state index contributed by atoms with van der Waals surface area (Å²) in [5.74, 6) is 1.91. The third kappa shape index (κ3) is 4.33. The third-order valence-corrected chi connectivity index (χ3v) is 6.76.